The van der Waals surface area contributed by atoms with Gasteiger partial charge in [0, 0.05) is 6.42 Å². The van der Waals surface area contributed by atoms with Crippen molar-refractivity contribution in [3.05, 3.63) is 0 Å². The first kappa shape index (κ1) is 8.05. The molecule has 12 heavy (non-hydrogen) atoms. The lowest BCUT2D eigenvalue weighted by atomic mass is 9.82. The summed E-state index contributed by atoms with van der Waals surface area (Å²) in [6.07, 6.45) is 6.88. The van der Waals surface area contributed by atoms with Gasteiger partial charge in [-0.15, -0.1) is 0 Å². The van der Waals surface area contributed by atoms with Crippen molar-refractivity contribution in [3.8, 4) is 0 Å². The van der Waals surface area contributed by atoms with E-state index in [0.29, 0.717) is 0 Å². The van der Waals surface area contributed by atoms with Crippen LogP contribution >= 0.6 is 0 Å². The Bertz CT molecular complexity index is 195. The van der Waals surface area contributed by atoms with E-state index in [-0.39, 0.29) is 12.2 Å². The summed E-state index contributed by atoms with van der Waals surface area (Å²) in [6, 6.07) is 0. The molecule has 1 heterocycles. The second-order valence-corrected chi connectivity index (χ2v) is 3.83. The van der Waals surface area contributed by atoms with Gasteiger partial charge in [-0.1, -0.05) is 11.6 Å². The van der Waals surface area contributed by atoms with Gasteiger partial charge in [0.2, 0.25) is 0 Å². The maximum atomic E-state index is 8.87. The predicted octanol–water partition coefficient (Wildman–Crippen LogP) is 1.46. The third-order valence-corrected chi connectivity index (χ3v) is 2.84. The highest BCUT2D eigenvalue weighted by atomic mass is 16.7. The van der Waals surface area contributed by atoms with Crippen molar-refractivity contribution in [2.75, 3.05) is 6.61 Å². The Balaban J connectivity index is 1.97. The van der Waals surface area contributed by atoms with Crippen molar-refractivity contribution in [3.63, 3.8) is 0 Å². The van der Waals surface area contributed by atoms with Crippen LogP contribution < -0.4 is 0 Å². The summed E-state index contributed by atoms with van der Waals surface area (Å²) in [5.41, 5.74) is 0.799. The lowest BCUT2D eigenvalue weighted by Crippen LogP contribution is -2.31. The first-order valence-corrected chi connectivity index (χ1v) is 4.69. The first-order valence-electron chi connectivity index (χ1n) is 4.69. The molecule has 68 valence electrons. The molecular weight excluding hydrogens is 154 g/mol. The number of hydrogen-bond donors (Lipinski definition) is 1. The zero-order chi connectivity index (χ0) is 8.44. The first-order chi connectivity index (χ1) is 5.85. The third kappa shape index (κ3) is 1.33. The van der Waals surface area contributed by atoms with E-state index in [1.807, 2.05) is 0 Å². The lowest BCUT2D eigenvalue weighted by Gasteiger charge is -2.30. The summed E-state index contributed by atoms with van der Waals surface area (Å²) in [5.74, 6) is 0. The Morgan fingerprint density at radius 3 is 2.67 bits per heavy atom. The van der Waals surface area contributed by atoms with Gasteiger partial charge in [-0.2, -0.15) is 0 Å². The van der Waals surface area contributed by atoms with E-state index in [9.17, 15) is 0 Å². The second kappa shape index (κ2) is 3.05. The fraction of sp³-hybridized carbons (Fsp3) is 0.889. The van der Waals surface area contributed by atoms with Gasteiger partial charge in [0.05, 0.1) is 12.3 Å². The maximum Gasteiger partial charge on any atom is 0.143 e. The Kier molecular flexibility index (Phi) is 2.05. The van der Waals surface area contributed by atoms with E-state index in [1.165, 1.54) is 19.3 Å². The molecule has 1 saturated carbocycles. The molecule has 0 saturated heterocycles. The van der Waals surface area contributed by atoms with Crippen molar-refractivity contribution >= 4 is 5.71 Å². The van der Waals surface area contributed by atoms with Crippen molar-refractivity contribution < 1.29 is 9.94 Å². The minimum absolute atomic E-state index is 0.0175. The monoisotopic (exact) mass is 169 g/mol. The molecule has 0 aromatic heterocycles. The molecule has 0 unspecified atom stereocenters. The average Bonchev–Trinajstić information content (AvgIpc) is 2.50. The molecule has 1 fully saturated rings. The van der Waals surface area contributed by atoms with Crippen LogP contribution in [0.15, 0.2) is 5.16 Å². The smallest absolute Gasteiger partial charge is 0.143 e. The fourth-order valence-corrected chi connectivity index (χ4v) is 2.15. The maximum absolute atomic E-state index is 8.87. The van der Waals surface area contributed by atoms with Gasteiger partial charge < -0.3 is 9.94 Å². The molecule has 1 aliphatic carbocycles. The van der Waals surface area contributed by atoms with E-state index in [4.69, 9.17) is 9.94 Å². The van der Waals surface area contributed by atoms with Crippen molar-refractivity contribution in [1.82, 2.24) is 0 Å². The summed E-state index contributed by atoms with van der Waals surface area (Å²) < 4.78 is 0. The van der Waals surface area contributed by atoms with Gasteiger partial charge in [0.25, 0.3) is 0 Å². The summed E-state index contributed by atoms with van der Waals surface area (Å²) in [6.45, 7) is 0.0573. The summed E-state index contributed by atoms with van der Waals surface area (Å²) in [7, 11) is 0. The highest BCUT2D eigenvalue weighted by Gasteiger charge is 2.39. The largest absolute Gasteiger partial charge is 0.390 e. The second-order valence-electron chi connectivity index (χ2n) is 3.83. The Morgan fingerprint density at radius 1 is 1.33 bits per heavy atom. The summed E-state index contributed by atoms with van der Waals surface area (Å²) in [4.78, 5) is 5.41. The number of aliphatic hydroxyl groups is 1. The van der Waals surface area contributed by atoms with E-state index in [1.54, 1.807) is 0 Å². The standard InChI is InChI=1S/C9H15NO2/c11-7-8-6-9(12-10-8)4-2-1-3-5-9/h11H,1-7H2. The highest BCUT2D eigenvalue weighted by Crippen LogP contribution is 2.37. The van der Waals surface area contributed by atoms with Gasteiger partial charge in [0.15, 0.2) is 0 Å². The van der Waals surface area contributed by atoms with Crippen LogP contribution in [0.2, 0.25) is 0 Å². The molecule has 2 aliphatic rings. The van der Waals surface area contributed by atoms with Crippen LogP contribution in [0.25, 0.3) is 0 Å². The third-order valence-electron chi connectivity index (χ3n) is 2.84. The molecular formula is C9H15NO2. The number of oxime groups is 1. The van der Waals surface area contributed by atoms with Gasteiger partial charge in [-0.05, 0) is 25.7 Å². The van der Waals surface area contributed by atoms with Gasteiger partial charge in [-0.3, -0.25) is 0 Å². The van der Waals surface area contributed by atoms with Gasteiger partial charge in [0.1, 0.15) is 5.60 Å². The van der Waals surface area contributed by atoms with Crippen LogP contribution in [0.4, 0.5) is 0 Å². The molecule has 0 bridgehead atoms. The Labute approximate surface area is 72.4 Å². The van der Waals surface area contributed by atoms with Crippen molar-refractivity contribution in [1.29, 1.82) is 0 Å². The predicted molar refractivity (Wildman–Crippen MR) is 46.0 cm³/mol. The zero-order valence-electron chi connectivity index (χ0n) is 7.25. The van der Waals surface area contributed by atoms with E-state index < -0.39 is 0 Å². The van der Waals surface area contributed by atoms with Crippen LogP contribution in [0, 0.1) is 0 Å². The molecule has 1 N–H and O–H groups in total. The normalized spacial score (nSPS) is 26.9. The van der Waals surface area contributed by atoms with Gasteiger partial charge in [-0.25, -0.2) is 0 Å². The molecule has 0 aromatic rings. The molecule has 0 aromatic carbocycles. The molecule has 0 atom stereocenters. The van der Waals surface area contributed by atoms with E-state index in [2.05, 4.69) is 5.16 Å². The molecule has 3 nitrogen and oxygen atoms in total. The molecule has 3 heteroatoms. The molecule has 1 spiro atoms. The van der Waals surface area contributed by atoms with Crippen LogP contribution in [0.5, 0.6) is 0 Å². The summed E-state index contributed by atoms with van der Waals surface area (Å²) >= 11 is 0. The molecule has 1 aliphatic heterocycles. The topological polar surface area (TPSA) is 41.8 Å². The van der Waals surface area contributed by atoms with Crippen molar-refractivity contribution in [2.24, 2.45) is 5.16 Å². The average molecular weight is 169 g/mol. The Hall–Kier alpha value is -0.570. The van der Waals surface area contributed by atoms with Crippen LogP contribution in [0.1, 0.15) is 38.5 Å². The number of nitrogens with zero attached hydrogens (tertiary/aromatic N) is 1. The number of rotatable bonds is 1. The molecule has 0 amide bonds. The van der Waals surface area contributed by atoms with E-state index >= 15 is 0 Å². The molecule has 2 rings (SSSR count). The van der Waals surface area contributed by atoms with Crippen LogP contribution in [0.3, 0.4) is 0 Å². The minimum Gasteiger partial charge on any atom is -0.390 e. The van der Waals surface area contributed by atoms with Gasteiger partial charge >= 0.3 is 0 Å². The van der Waals surface area contributed by atoms with Crippen LogP contribution in [-0.4, -0.2) is 23.0 Å². The fourth-order valence-electron chi connectivity index (χ4n) is 2.15. The highest BCUT2D eigenvalue weighted by molar-refractivity contribution is 5.87. The van der Waals surface area contributed by atoms with Crippen LogP contribution in [-0.2, 0) is 4.84 Å². The van der Waals surface area contributed by atoms with Crippen molar-refractivity contribution in [2.45, 2.75) is 44.1 Å². The zero-order valence-corrected chi connectivity index (χ0v) is 7.25. The molecule has 0 radical (unpaired) electrons. The van der Waals surface area contributed by atoms with E-state index in [0.717, 1.165) is 25.0 Å². The SMILES string of the molecule is OCC1=NOC2(CCCCC2)C1. The quantitative estimate of drug-likeness (QED) is 0.645. The Morgan fingerprint density at radius 2 is 2.08 bits per heavy atom. The minimum atomic E-state index is -0.0175. The summed E-state index contributed by atoms with van der Waals surface area (Å²) in [5, 5.41) is 12.8. The number of aliphatic hydroxyl groups excluding tert-OH is 1. The number of hydrogen-bond acceptors (Lipinski definition) is 3. The lowest BCUT2D eigenvalue weighted by molar-refractivity contribution is -0.0449.